The lowest BCUT2D eigenvalue weighted by Crippen LogP contribution is -2.47. The zero-order chi connectivity index (χ0) is 11.0. The van der Waals surface area contributed by atoms with E-state index < -0.39 is 0 Å². The highest BCUT2D eigenvalue weighted by atomic mass is 15.1. The van der Waals surface area contributed by atoms with Crippen LogP contribution in [0.15, 0.2) is 0 Å². The summed E-state index contributed by atoms with van der Waals surface area (Å²) < 4.78 is 0. The Bertz CT molecular complexity index is 132. The summed E-state index contributed by atoms with van der Waals surface area (Å²) in [4.78, 5) is 2.47. The highest BCUT2D eigenvalue weighted by molar-refractivity contribution is 4.81. The molecule has 1 unspecified atom stereocenters. The van der Waals surface area contributed by atoms with Crippen molar-refractivity contribution in [2.24, 2.45) is 5.73 Å². The largest absolute Gasteiger partial charge is 0.324 e. The smallest absolute Gasteiger partial charge is 0.0254 e. The first-order valence-electron chi connectivity index (χ1n) is 6.07. The van der Waals surface area contributed by atoms with Crippen molar-refractivity contribution >= 4 is 0 Å². The molecule has 0 aliphatic carbocycles. The Morgan fingerprint density at radius 3 is 2.21 bits per heavy atom. The van der Waals surface area contributed by atoms with Gasteiger partial charge in [0.05, 0.1) is 0 Å². The molecule has 0 aliphatic rings. The zero-order valence-corrected chi connectivity index (χ0v) is 10.5. The van der Waals surface area contributed by atoms with E-state index in [-0.39, 0.29) is 5.54 Å². The van der Waals surface area contributed by atoms with Crippen molar-refractivity contribution in [1.29, 1.82) is 0 Å². The first kappa shape index (κ1) is 13.9. The lowest BCUT2D eigenvalue weighted by atomic mass is 9.97. The topological polar surface area (TPSA) is 29.3 Å². The second-order valence-electron chi connectivity index (χ2n) is 4.63. The van der Waals surface area contributed by atoms with Crippen molar-refractivity contribution in [2.75, 3.05) is 19.6 Å². The Hall–Kier alpha value is -0.0800. The maximum atomic E-state index is 6.23. The fraction of sp³-hybridized carbons (Fsp3) is 1.00. The van der Waals surface area contributed by atoms with E-state index in [0.29, 0.717) is 0 Å². The number of nitrogens with two attached hydrogens (primary N) is 1. The Morgan fingerprint density at radius 2 is 1.79 bits per heavy atom. The summed E-state index contributed by atoms with van der Waals surface area (Å²) in [5, 5.41) is 0. The molecule has 0 amide bonds. The SMILES string of the molecule is CCCCN(CC)CC(C)(N)CCC. The average Bonchev–Trinajstić information content (AvgIpc) is 2.12. The molecule has 0 saturated carbocycles. The quantitative estimate of drug-likeness (QED) is 0.652. The standard InChI is InChI=1S/C12H28N2/c1-5-8-10-14(7-3)11-12(4,13)9-6-2/h5-11,13H2,1-4H3. The lowest BCUT2D eigenvalue weighted by molar-refractivity contribution is 0.215. The number of likely N-dealkylation sites (N-methyl/N-ethyl adjacent to an activating group) is 1. The minimum atomic E-state index is -0.00149. The van der Waals surface area contributed by atoms with E-state index in [1.165, 1.54) is 25.8 Å². The van der Waals surface area contributed by atoms with Gasteiger partial charge in [0.15, 0.2) is 0 Å². The molecule has 86 valence electrons. The van der Waals surface area contributed by atoms with E-state index in [2.05, 4.69) is 32.6 Å². The highest BCUT2D eigenvalue weighted by Gasteiger charge is 2.19. The van der Waals surface area contributed by atoms with Gasteiger partial charge in [-0.25, -0.2) is 0 Å². The lowest BCUT2D eigenvalue weighted by Gasteiger charge is -2.31. The molecule has 0 aromatic heterocycles. The number of unbranched alkanes of at least 4 members (excludes halogenated alkanes) is 1. The molecular formula is C12H28N2. The molecule has 0 aromatic carbocycles. The molecule has 2 nitrogen and oxygen atoms in total. The Labute approximate surface area is 89.9 Å². The number of hydrogen-bond donors (Lipinski definition) is 1. The van der Waals surface area contributed by atoms with Crippen LogP contribution in [-0.4, -0.2) is 30.1 Å². The molecule has 1 atom stereocenters. The molecule has 0 saturated heterocycles. The third-order valence-electron chi connectivity index (χ3n) is 2.68. The first-order valence-corrected chi connectivity index (χ1v) is 6.07. The molecule has 14 heavy (non-hydrogen) atoms. The number of rotatable bonds is 8. The molecule has 0 bridgehead atoms. The normalized spacial score (nSPS) is 15.9. The van der Waals surface area contributed by atoms with Crippen LogP contribution < -0.4 is 5.73 Å². The number of hydrogen-bond acceptors (Lipinski definition) is 2. The summed E-state index contributed by atoms with van der Waals surface area (Å²) in [6.45, 7) is 12.2. The van der Waals surface area contributed by atoms with Crippen LogP contribution in [0.1, 0.15) is 53.4 Å². The average molecular weight is 200 g/mol. The van der Waals surface area contributed by atoms with Crippen molar-refractivity contribution < 1.29 is 0 Å². The van der Waals surface area contributed by atoms with Gasteiger partial charge in [-0.1, -0.05) is 33.6 Å². The van der Waals surface area contributed by atoms with Crippen LogP contribution in [-0.2, 0) is 0 Å². The predicted octanol–water partition coefficient (Wildman–Crippen LogP) is 2.63. The van der Waals surface area contributed by atoms with E-state index in [1.807, 2.05) is 0 Å². The highest BCUT2D eigenvalue weighted by Crippen LogP contribution is 2.11. The van der Waals surface area contributed by atoms with Crippen molar-refractivity contribution in [3.63, 3.8) is 0 Å². The molecule has 0 fully saturated rings. The van der Waals surface area contributed by atoms with E-state index in [9.17, 15) is 0 Å². The molecule has 0 rings (SSSR count). The van der Waals surface area contributed by atoms with Crippen molar-refractivity contribution in [1.82, 2.24) is 4.90 Å². The van der Waals surface area contributed by atoms with Crippen LogP contribution in [0, 0.1) is 0 Å². The zero-order valence-electron chi connectivity index (χ0n) is 10.5. The number of nitrogens with zero attached hydrogens (tertiary/aromatic N) is 1. The van der Waals surface area contributed by atoms with Crippen molar-refractivity contribution in [2.45, 2.75) is 58.9 Å². The minimum absolute atomic E-state index is 0.00149. The summed E-state index contributed by atoms with van der Waals surface area (Å²) in [6, 6.07) is 0. The van der Waals surface area contributed by atoms with Crippen molar-refractivity contribution in [3.8, 4) is 0 Å². The van der Waals surface area contributed by atoms with Crippen LogP contribution in [0.5, 0.6) is 0 Å². The van der Waals surface area contributed by atoms with Gasteiger partial charge in [0, 0.05) is 12.1 Å². The van der Waals surface area contributed by atoms with Gasteiger partial charge < -0.3 is 10.6 Å². The van der Waals surface area contributed by atoms with Crippen molar-refractivity contribution in [3.05, 3.63) is 0 Å². The third kappa shape index (κ3) is 6.39. The van der Waals surface area contributed by atoms with Gasteiger partial charge in [-0.3, -0.25) is 0 Å². The second kappa shape index (κ2) is 7.24. The van der Waals surface area contributed by atoms with E-state index >= 15 is 0 Å². The molecule has 0 spiro atoms. The summed E-state index contributed by atoms with van der Waals surface area (Å²) >= 11 is 0. The Morgan fingerprint density at radius 1 is 1.14 bits per heavy atom. The summed E-state index contributed by atoms with van der Waals surface area (Å²) in [6.07, 6.45) is 4.86. The fourth-order valence-corrected chi connectivity index (χ4v) is 1.89. The summed E-state index contributed by atoms with van der Waals surface area (Å²) in [7, 11) is 0. The molecule has 0 radical (unpaired) electrons. The van der Waals surface area contributed by atoms with Gasteiger partial charge in [-0.2, -0.15) is 0 Å². The summed E-state index contributed by atoms with van der Waals surface area (Å²) in [5.74, 6) is 0. The Balaban J connectivity index is 3.89. The fourth-order valence-electron chi connectivity index (χ4n) is 1.89. The van der Waals surface area contributed by atoms with Crippen LogP contribution in [0.4, 0.5) is 0 Å². The van der Waals surface area contributed by atoms with Gasteiger partial charge in [0.25, 0.3) is 0 Å². The second-order valence-corrected chi connectivity index (χ2v) is 4.63. The summed E-state index contributed by atoms with van der Waals surface area (Å²) in [5.41, 5.74) is 6.23. The maximum absolute atomic E-state index is 6.23. The monoisotopic (exact) mass is 200 g/mol. The molecule has 0 heterocycles. The van der Waals surface area contributed by atoms with E-state index in [0.717, 1.165) is 19.5 Å². The van der Waals surface area contributed by atoms with E-state index in [4.69, 9.17) is 5.73 Å². The minimum Gasteiger partial charge on any atom is -0.324 e. The maximum Gasteiger partial charge on any atom is 0.0254 e. The predicted molar refractivity (Wildman–Crippen MR) is 64.5 cm³/mol. The molecule has 2 heteroatoms. The van der Waals surface area contributed by atoms with Crippen LogP contribution in [0.2, 0.25) is 0 Å². The molecule has 0 aliphatic heterocycles. The van der Waals surface area contributed by atoms with E-state index in [1.54, 1.807) is 0 Å². The van der Waals surface area contributed by atoms with Gasteiger partial charge in [-0.05, 0) is 32.9 Å². The van der Waals surface area contributed by atoms with Gasteiger partial charge in [0.2, 0.25) is 0 Å². The molecule has 2 N–H and O–H groups in total. The van der Waals surface area contributed by atoms with Gasteiger partial charge in [-0.15, -0.1) is 0 Å². The van der Waals surface area contributed by atoms with Crippen LogP contribution in [0.25, 0.3) is 0 Å². The van der Waals surface area contributed by atoms with Crippen LogP contribution >= 0.6 is 0 Å². The van der Waals surface area contributed by atoms with Gasteiger partial charge >= 0.3 is 0 Å². The van der Waals surface area contributed by atoms with Gasteiger partial charge in [0.1, 0.15) is 0 Å². The first-order chi connectivity index (χ1) is 6.55. The Kier molecular flexibility index (Phi) is 7.20. The molecule has 0 aromatic rings. The molecular weight excluding hydrogens is 172 g/mol. The van der Waals surface area contributed by atoms with Crippen LogP contribution in [0.3, 0.4) is 0 Å². The third-order valence-corrected chi connectivity index (χ3v) is 2.68.